The van der Waals surface area contributed by atoms with E-state index in [0.29, 0.717) is 5.91 Å². The van der Waals surface area contributed by atoms with Gasteiger partial charge in [-0.1, -0.05) is 13.0 Å². The molecular weight excluding hydrogens is 370 g/mol. The third-order valence-electron chi connectivity index (χ3n) is 5.82. The highest BCUT2D eigenvalue weighted by molar-refractivity contribution is 7.13. The van der Waals surface area contributed by atoms with Crippen LogP contribution in [0, 0.1) is 5.92 Å². The Morgan fingerprint density at radius 1 is 1.07 bits per heavy atom. The van der Waals surface area contributed by atoms with Crippen molar-refractivity contribution in [2.24, 2.45) is 5.92 Å². The predicted molar refractivity (Wildman–Crippen MR) is 114 cm³/mol. The maximum Gasteiger partial charge on any atom is 0.225 e. The number of rotatable bonds is 5. The Balaban J connectivity index is 1.28. The molecule has 0 aliphatic carbocycles. The fourth-order valence-electron chi connectivity index (χ4n) is 4.17. The average Bonchev–Trinajstić information content (AvgIpc) is 3.29. The largest absolute Gasteiger partial charge is 0.355 e. The number of carbonyl (C=O) groups excluding carboxylic acids is 1. The average molecular weight is 400 g/mol. The quantitative estimate of drug-likeness (QED) is 0.774. The number of thiophene rings is 1. The summed E-state index contributed by atoms with van der Waals surface area (Å²) in [6, 6.07) is 8.19. The first-order valence-corrected chi connectivity index (χ1v) is 11.3. The number of hydrogen-bond acceptors (Lipinski definition) is 6. The molecule has 150 valence electrons. The van der Waals surface area contributed by atoms with Gasteiger partial charge in [0.15, 0.2) is 5.82 Å². The minimum atomic E-state index is 0.160. The highest BCUT2D eigenvalue weighted by Crippen LogP contribution is 2.26. The molecule has 2 aliphatic rings. The standard InChI is InChI=1S/C21H29N5OS/c1-2-9-24-12-14-26(15-13-24)21(27)17-7-10-25(11-8-17)20-6-5-18(22-23-20)19-4-3-16-28-19/h3-6,16-17H,2,7-15H2,1H3. The van der Waals surface area contributed by atoms with Gasteiger partial charge in [-0.15, -0.1) is 21.5 Å². The second-order valence-electron chi connectivity index (χ2n) is 7.68. The fraction of sp³-hybridized carbons (Fsp3) is 0.571. The van der Waals surface area contributed by atoms with Gasteiger partial charge in [0.25, 0.3) is 0 Å². The molecule has 0 spiro atoms. The molecule has 0 bridgehead atoms. The van der Waals surface area contributed by atoms with Crippen molar-refractivity contribution in [3.63, 3.8) is 0 Å². The molecule has 1 amide bonds. The van der Waals surface area contributed by atoms with E-state index in [9.17, 15) is 4.79 Å². The smallest absolute Gasteiger partial charge is 0.225 e. The number of carbonyl (C=O) groups is 1. The Kier molecular flexibility index (Phi) is 6.22. The van der Waals surface area contributed by atoms with Gasteiger partial charge in [0, 0.05) is 45.2 Å². The molecule has 2 saturated heterocycles. The van der Waals surface area contributed by atoms with Crippen molar-refractivity contribution in [1.82, 2.24) is 20.0 Å². The molecule has 0 atom stereocenters. The van der Waals surface area contributed by atoms with Crippen LogP contribution in [0.1, 0.15) is 26.2 Å². The molecule has 4 rings (SSSR count). The summed E-state index contributed by atoms with van der Waals surface area (Å²) < 4.78 is 0. The summed E-state index contributed by atoms with van der Waals surface area (Å²) in [4.78, 5) is 20.8. The highest BCUT2D eigenvalue weighted by atomic mass is 32.1. The van der Waals surface area contributed by atoms with Crippen LogP contribution in [0.4, 0.5) is 5.82 Å². The number of piperidine rings is 1. The van der Waals surface area contributed by atoms with Crippen molar-refractivity contribution < 1.29 is 4.79 Å². The Morgan fingerprint density at radius 2 is 1.86 bits per heavy atom. The van der Waals surface area contributed by atoms with E-state index >= 15 is 0 Å². The van der Waals surface area contributed by atoms with E-state index in [1.165, 1.54) is 6.42 Å². The normalized spacial score (nSPS) is 19.2. The van der Waals surface area contributed by atoms with Crippen LogP contribution in [0.15, 0.2) is 29.6 Å². The number of nitrogens with zero attached hydrogens (tertiary/aromatic N) is 5. The second-order valence-corrected chi connectivity index (χ2v) is 8.63. The van der Waals surface area contributed by atoms with Crippen molar-refractivity contribution in [3.05, 3.63) is 29.6 Å². The molecule has 7 heteroatoms. The van der Waals surface area contributed by atoms with Crippen LogP contribution in [-0.2, 0) is 4.79 Å². The number of piperazine rings is 1. The lowest BCUT2D eigenvalue weighted by Gasteiger charge is -2.38. The van der Waals surface area contributed by atoms with E-state index in [4.69, 9.17) is 0 Å². The van der Waals surface area contributed by atoms with Crippen molar-refractivity contribution in [2.75, 3.05) is 50.7 Å². The maximum absolute atomic E-state index is 12.9. The molecule has 0 N–H and O–H groups in total. The minimum Gasteiger partial charge on any atom is -0.355 e. The van der Waals surface area contributed by atoms with Gasteiger partial charge in [0.2, 0.25) is 5.91 Å². The van der Waals surface area contributed by atoms with Gasteiger partial charge in [-0.3, -0.25) is 9.69 Å². The number of aromatic nitrogens is 2. The van der Waals surface area contributed by atoms with E-state index in [1.54, 1.807) is 11.3 Å². The first-order valence-electron chi connectivity index (χ1n) is 10.4. The zero-order chi connectivity index (χ0) is 19.3. The first-order chi connectivity index (χ1) is 13.7. The van der Waals surface area contributed by atoms with Gasteiger partial charge in [0.05, 0.1) is 4.88 Å². The Labute approximate surface area is 171 Å². The van der Waals surface area contributed by atoms with Crippen LogP contribution in [0.25, 0.3) is 10.6 Å². The summed E-state index contributed by atoms with van der Waals surface area (Å²) in [7, 11) is 0. The summed E-state index contributed by atoms with van der Waals surface area (Å²) in [5.41, 5.74) is 0.922. The molecule has 2 aliphatic heterocycles. The van der Waals surface area contributed by atoms with E-state index in [2.05, 4.69) is 49.3 Å². The monoisotopic (exact) mass is 399 g/mol. The molecule has 0 unspecified atom stereocenters. The SMILES string of the molecule is CCCN1CCN(C(=O)C2CCN(c3ccc(-c4cccs4)nn3)CC2)CC1. The van der Waals surface area contributed by atoms with Gasteiger partial charge in [-0.25, -0.2) is 0 Å². The maximum atomic E-state index is 12.9. The lowest BCUT2D eigenvalue weighted by molar-refractivity contribution is -0.138. The van der Waals surface area contributed by atoms with Gasteiger partial charge in [-0.2, -0.15) is 0 Å². The third kappa shape index (κ3) is 4.36. The molecular formula is C21H29N5OS. The molecule has 4 heterocycles. The van der Waals surface area contributed by atoms with Crippen LogP contribution >= 0.6 is 11.3 Å². The Bertz CT molecular complexity index is 748. The van der Waals surface area contributed by atoms with E-state index in [1.807, 2.05) is 12.1 Å². The number of hydrogen-bond donors (Lipinski definition) is 0. The summed E-state index contributed by atoms with van der Waals surface area (Å²) in [6.45, 7) is 8.91. The lowest BCUT2D eigenvalue weighted by Crippen LogP contribution is -2.51. The molecule has 0 aromatic carbocycles. The highest BCUT2D eigenvalue weighted by Gasteiger charge is 2.30. The van der Waals surface area contributed by atoms with E-state index in [-0.39, 0.29) is 5.92 Å². The van der Waals surface area contributed by atoms with Crippen LogP contribution in [-0.4, -0.2) is 71.7 Å². The molecule has 28 heavy (non-hydrogen) atoms. The zero-order valence-corrected chi connectivity index (χ0v) is 17.4. The van der Waals surface area contributed by atoms with Gasteiger partial charge < -0.3 is 9.80 Å². The van der Waals surface area contributed by atoms with Crippen LogP contribution in [0.3, 0.4) is 0 Å². The summed E-state index contributed by atoms with van der Waals surface area (Å²) >= 11 is 1.68. The molecule has 0 saturated carbocycles. The second kappa shape index (κ2) is 9.01. The minimum absolute atomic E-state index is 0.160. The van der Waals surface area contributed by atoms with Crippen LogP contribution in [0.5, 0.6) is 0 Å². The molecule has 6 nitrogen and oxygen atoms in total. The fourth-order valence-corrected chi connectivity index (χ4v) is 4.86. The molecule has 2 aromatic heterocycles. The van der Waals surface area contributed by atoms with Crippen molar-refractivity contribution in [3.8, 4) is 10.6 Å². The lowest BCUT2D eigenvalue weighted by atomic mass is 9.95. The Morgan fingerprint density at radius 3 is 2.46 bits per heavy atom. The van der Waals surface area contributed by atoms with Crippen molar-refractivity contribution >= 4 is 23.1 Å². The summed E-state index contributed by atoms with van der Waals surface area (Å²) in [5.74, 6) is 1.43. The molecule has 2 aromatic rings. The summed E-state index contributed by atoms with van der Waals surface area (Å²) in [6.07, 6.45) is 2.99. The predicted octanol–water partition coefficient (Wildman–Crippen LogP) is 2.98. The van der Waals surface area contributed by atoms with E-state index in [0.717, 1.165) is 75.0 Å². The molecule has 2 fully saturated rings. The van der Waals surface area contributed by atoms with Crippen LogP contribution < -0.4 is 4.90 Å². The molecule has 0 radical (unpaired) electrons. The third-order valence-corrected chi connectivity index (χ3v) is 6.71. The first kappa shape index (κ1) is 19.3. The van der Waals surface area contributed by atoms with E-state index < -0.39 is 0 Å². The zero-order valence-electron chi connectivity index (χ0n) is 16.6. The summed E-state index contributed by atoms with van der Waals surface area (Å²) in [5, 5.41) is 10.9. The number of amides is 1. The topological polar surface area (TPSA) is 52.6 Å². The van der Waals surface area contributed by atoms with Gasteiger partial charge >= 0.3 is 0 Å². The Hall–Kier alpha value is -1.99. The van der Waals surface area contributed by atoms with Crippen molar-refractivity contribution in [1.29, 1.82) is 0 Å². The van der Waals surface area contributed by atoms with Crippen molar-refractivity contribution in [2.45, 2.75) is 26.2 Å². The number of anilines is 1. The van der Waals surface area contributed by atoms with Gasteiger partial charge in [0.1, 0.15) is 5.69 Å². The van der Waals surface area contributed by atoms with Gasteiger partial charge in [-0.05, 0) is 49.4 Å². The van der Waals surface area contributed by atoms with Crippen LogP contribution in [0.2, 0.25) is 0 Å².